The summed E-state index contributed by atoms with van der Waals surface area (Å²) in [4.78, 5) is 205. The third-order valence-corrected chi connectivity index (χ3v) is 26.5. The Balaban J connectivity index is 0.000000157. The highest BCUT2D eigenvalue weighted by Gasteiger charge is 2.37. The van der Waals surface area contributed by atoms with Crippen molar-refractivity contribution in [2.75, 3.05) is 188 Å². The molecule has 1 saturated carbocycles. The van der Waals surface area contributed by atoms with Gasteiger partial charge in [-0.05, 0) is 253 Å². The smallest absolute Gasteiger partial charge is 0.387 e. The number of anilines is 7. The fraction of sp³-hybridized carbons (Fsp3) is 0.375. The molecule has 9 aliphatic heterocycles. The summed E-state index contributed by atoms with van der Waals surface area (Å²) in [5, 5.41) is 21.9. The molecule has 0 aromatic heterocycles. The Labute approximate surface area is 846 Å². The molecule has 1 aliphatic carbocycles. The maximum absolute atomic E-state index is 12.1. The van der Waals surface area contributed by atoms with Crippen molar-refractivity contribution in [3.05, 3.63) is 238 Å². The van der Waals surface area contributed by atoms with Gasteiger partial charge in [-0.25, -0.2) is 0 Å². The number of piperidine rings is 1. The summed E-state index contributed by atoms with van der Waals surface area (Å²) in [5.41, 5.74) is 22.7. The van der Waals surface area contributed by atoms with Gasteiger partial charge >= 0.3 is 6.18 Å². The Kier molecular flexibility index (Phi) is 37.3. The number of carbonyl (C=O) groups is 16. The summed E-state index contributed by atoms with van der Waals surface area (Å²) in [6.45, 7) is 8.88. The zero-order chi connectivity index (χ0) is 105. The van der Waals surface area contributed by atoms with Gasteiger partial charge in [-0.1, -0.05) is 31.0 Å². The highest BCUT2D eigenvalue weighted by atomic mass is 79.9. The number of hydrogen-bond donors (Lipinski definition) is 8. The van der Waals surface area contributed by atoms with E-state index in [1.54, 1.807) is 76.7 Å². The van der Waals surface area contributed by atoms with Crippen molar-refractivity contribution in [3.8, 4) is 0 Å². The normalized spacial score (nSPS) is 16.3. The van der Waals surface area contributed by atoms with Gasteiger partial charge < -0.3 is 52.8 Å². The van der Waals surface area contributed by atoms with Gasteiger partial charge in [-0.3, -0.25) is 121 Å². The summed E-state index contributed by atoms with van der Waals surface area (Å²) in [7, 11) is 21.1. The highest BCUT2D eigenvalue weighted by Crippen LogP contribution is 2.36. The first-order valence-electron chi connectivity index (χ1n) is 46.9. The van der Waals surface area contributed by atoms with E-state index in [1.165, 1.54) is 132 Å². The number of halogens is 5. The molecule has 762 valence electrons. The fourth-order valence-corrected chi connectivity index (χ4v) is 17.3. The van der Waals surface area contributed by atoms with Crippen LogP contribution in [0.5, 0.6) is 0 Å². The number of nitrogens with two attached hydrogens (primary N) is 1. The minimum Gasteiger partial charge on any atom is -0.387 e. The van der Waals surface area contributed by atoms with Crippen LogP contribution in [0.4, 0.5) is 53.0 Å². The monoisotopic (exact) mass is 2060 g/mol. The number of benzene rings is 8. The number of amides is 16. The second kappa shape index (κ2) is 48.9. The number of hydrogen-bond acceptors (Lipinski definition) is 26. The molecule has 0 spiro atoms. The van der Waals surface area contributed by atoms with Gasteiger partial charge in [0, 0.05) is 205 Å². The minimum atomic E-state index is -4.32. The van der Waals surface area contributed by atoms with Crippen LogP contribution in [-0.2, 0) is 89.7 Å². The lowest BCUT2D eigenvalue weighted by molar-refractivity contribution is -0.128. The number of fused-ring (bicyclic) bond motifs is 8. The first kappa shape index (κ1) is 110. The second-order valence-corrected chi connectivity index (χ2v) is 37.3. The van der Waals surface area contributed by atoms with Crippen molar-refractivity contribution in [2.45, 2.75) is 103 Å². The zero-order valence-corrected chi connectivity index (χ0v) is 85.3. The number of imide groups is 8. The number of amidine groups is 1. The van der Waals surface area contributed by atoms with Crippen LogP contribution in [0.25, 0.3) is 0 Å². The summed E-state index contributed by atoms with van der Waals surface area (Å²) in [6.07, 6.45) is 5.26. The minimum absolute atomic E-state index is 0.0130. The Morgan fingerprint density at radius 3 is 1.02 bits per heavy atom. The van der Waals surface area contributed by atoms with E-state index in [4.69, 9.17) is 17.3 Å². The number of nitrogens with one attached hydrogen (secondary N) is 7. The van der Waals surface area contributed by atoms with E-state index in [0.29, 0.717) is 92.2 Å². The predicted octanol–water partition coefficient (Wildman–Crippen LogP) is 11.1. The van der Waals surface area contributed by atoms with Crippen molar-refractivity contribution >= 4 is 168 Å². The van der Waals surface area contributed by atoms with Crippen molar-refractivity contribution in [1.82, 2.24) is 49.0 Å². The van der Waals surface area contributed by atoms with Crippen LogP contribution in [0.3, 0.4) is 0 Å². The van der Waals surface area contributed by atoms with Gasteiger partial charge in [0.25, 0.3) is 47.3 Å². The number of nitrogens with zero attached hydrogens (tertiary/aromatic N) is 11. The van der Waals surface area contributed by atoms with E-state index in [0.717, 1.165) is 149 Å². The third kappa shape index (κ3) is 27.6. The molecule has 35 nitrogen and oxygen atoms in total. The molecule has 2 fully saturated rings. The van der Waals surface area contributed by atoms with Crippen molar-refractivity contribution in [3.63, 3.8) is 0 Å². The largest absolute Gasteiger partial charge is 0.405 e. The Morgan fingerprint density at radius 1 is 0.396 bits per heavy atom. The van der Waals surface area contributed by atoms with E-state index < -0.39 is 18.6 Å². The molecular weight excluding hydrogens is 1940 g/mol. The van der Waals surface area contributed by atoms with Gasteiger partial charge in [0.05, 0.1) is 62.1 Å². The zero-order valence-electron chi connectivity index (χ0n) is 83.0. The number of alkyl halides is 3. The quantitative estimate of drug-likeness (QED) is 0.0212. The van der Waals surface area contributed by atoms with Crippen LogP contribution in [0, 0.1) is 5.92 Å². The highest BCUT2D eigenvalue weighted by molar-refractivity contribution is 9.10. The first-order chi connectivity index (χ1) is 68.3. The lowest BCUT2D eigenvalue weighted by Gasteiger charge is -2.27. The van der Waals surface area contributed by atoms with E-state index in [1.807, 2.05) is 80.8 Å². The summed E-state index contributed by atoms with van der Waals surface area (Å²) < 4.78 is 37.1. The lowest BCUT2D eigenvalue weighted by Crippen LogP contribution is -2.39. The molecule has 8 aromatic rings. The van der Waals surface area contributed by atoms with E-state index in [-0.39, 0.29) is 120 Å². The molecule has 8 aromatic carbocycles. The van der Waals surface area contributed by atoms with Crippen molar-refractivity contribution in [2.24, 2.45) is 16.6 Å². The molecule has 9 heterocycles. The average molecular weight is 2060 g/mol. The molecule has 16 amide bonds. The van der Waals surface area contributed by atoms with E-state index >= 15 is 0 Å². The average Bonchev–Trinajstić information content (AvgIpc) is 1.17. The number of likely N-dealkylation sites (N-methyl/N-ethyl adjacent to an activating group) is 9. The lowest BCUT2D eigenvalue weighted by atomic mass is 9.96. The van der Waals surface area contributed by atoms with Crippen LogP contribution in [0.1, 0.15) is 178 Å². The second-order valence-electron chi connectivity index (χ2n) is 36.1. The SMILES string of the molecule is CCCNc1ccc2c(c1)CC(=O)N(C)C2=O.CN(C)CCNc1ccc2c(c1)CC(=O)N(C)C2=O.CN1C(=O)Cc2cc(NCC(F)(F)F)ccc2C1=O.CN1C(=O)Cc2cc(NCC3CC3)ccc2C1=O.CN1C(=O)Cc2cc(NCCN3CCCCC3)ccc2C1=O.CN=C(N)c1ccc2c(c1)CC(=O)N(C)C2=O.CNc1cc2c(cc1Br)C(=O)N(C)C(=O)C2.CNc1cc2c(cc1Cl)C(=O)N(C)C(=O)C2. The number of carbonyl (C=O) groups excluding carboxylic acids is 16. The maximum atomic E-state index is 12.1. The van der Waals surface area contributed by atoms with Crippen LogP contribution < -0.4 is 43.0 Å². The third-order valence-electron chi connectivity index (χ3n) is 25.6. The number of aliphatic imine (C=N–C) groups is 1. The number of likely N-dealkylation sites (tertiary alicyclic amines) is 1. The van der Waals surface area contributed by atoms with Crippen molar-refractivity contribution < 1.29 is 89.9 Å². The van der Waals surface area contributed by atoms with Crippen LogP contribution in [0.15, 0.2) is 143 Å². The Bertz CT molecular complexity index is 6310. The van der Waals surface area contributed by atoms with Crippen molar-refractivity contribution in [1.29, 1.82) is 0 Å². The van der Waals surface area contributed by atoms with Gasteiger partial charge in [0.1, 0.15) is 12.4 Å². The predicted molar refractivity (Wildman–Crippen MR) is 547 cm³/mol. The van der Waals surface area contributed by atoms with Gasteiger partial charge in [0.15, 0.2) is 0 Å². The summed E-state index contributed by atoms with van der Waals surface area (Å²) >= 11 is 9.37. The molecule has 0 radical (unpaired) electrons. The summed E-state index contributed by atoms with van der Waals surface area (Å²) in [6, 6.07) is 38.9. The van der Waals surface area contributed by atoms with E-state index in [9.17, 15) is 89.9 Å². The van der Waals surface area contributed by atoms with E-state index in [2.05, 4.69) is 74.9 Å². The molecule has 0 bridgehead atoms. The molecular formula is C104H120BrClF3N19O16. The Morgan fingerprint density at radius 2 is 0.694 bits per heavy atom. The first-order valence-corrected chi connectivity index (χ1v) is 48.1. The number of rotatable bonds is 19. The fourth-order valence-electron chi connectivity index (χ4n) is 16.5. The molecule has 0 atom stereocenters. The Hall–Kier alpha value is -14.6. The van der Waals surface area contributed by atoms with Crippen LogP contribution >= 0.6 is 27.5 Å². The standard InChI is InChI=1S/C17H23N3O2.C14H19N3O2.C14H16N2O2.C13H16N2O2.C12H11F3N2O2.C12H13N3O2.C11H11BrN2O2.C11H11ClN2O2/c1-19-16(21)12-13-11-14(5-6-15(13)17(19)22)18-7-10-20-8-3-2-4-9-20;1-16(2)7-6-15-11-4-5-12-10(8-11)9-13(18)17(3)14(12)19;1-16-13(17)7-10-6-11(15-8-9-2-3-9)4-5-12(10)14(16)18;1-3-6-14-10-4-5-11-9(7-10)8-12(16)15(2)13(11)17;1-17-10(18)5-7-4-8(16-6-12(13,14)15)2-3-9(7)11(17)19;1-14-11(13)7-3-4-9-8(5-7)6-10(16)15(2)12(9)17;2*1-13-9-3-6-4-10(15)14(2)11(16)7(6)5-8(9)12/h5-6,11,18H,2-4,7-10,12H2,1H3;4-5,8,15H,6-7,9H2,1-3H3;4-6,9,15H,2-3,7-8H2,1H3;4-5,7,14H,3,6,8H2,1-2H3;2-4,16H,5-6H2,1H3;3-5H,6H2,1-2H3,(H2,13,14);2*3,5,13H,4H2,1-2H3. The van der Waals surface area contributed by atoms with Crippen LogP contribution in [-0.4, -0.2) is 306 Å². The van der Waals surface area contributed by atoms with Gasteiger partial charge in [-0.15, -0.1) is 0 Å². The molecule has 10 aliphatic rings. The summed E-state index contributed by atoms with van der Waals surface area (Å²) in [5.74, 6) is -2.37. The molecule has 0 unspecified atom stereocenters. The molecule has 144 heavy (non-hydrogen) atoms. The molecule has 18 rings (SSSR count). The molecule has 9 N–H and O–H groups in total. The molecule has 40 heteroatoms. The molecule has 1 saturated heterocycles. The van der Waals surface area contributed by atoms with Crippen LogP contribution in [0.2, 0.25) is 5.02 Å². The topological polar surface area (TPSA) is 428 Å². The van der Waals surface area contributed by atoms with Gasteiger partial charge in [0.2, 0.25) is 47.3 Å². The maximum Gasteiger partial charge on any atom is 0.405 e. The van der Waals surface area contributed by atoms with Gasteiger partial charge in [-0.2, -0.15) is 13.2 Å².